The number of amides is 2. The monoisotopic (exact) mass is 506 g/mol. The molecule has 5 rings (SSSR count). The van der Waals surface area contributed by atoms with Gasteiger partial charge in [0.15, 0.2) is 0 Å². The highest BCUT2D eigenvalue weighted by atomic mass is 35.5. The first-order chi connectivity index (χ1) is 17.3. The van der Waals surface area contributed by atoms with Gasteiger partial charge >= 0.3 is 0 Å². The second-order valence-electron chi connectivity index (χ2n) is 8.28. The molecule has 4 aromatic rings. The van der Waals surface area contributed by atoms with Gasteiger partial charge in [0.2, 0.25) is 0 Å². The Morgan fingerprint density at radius 3 is 2.69 bits per heavy atom. The predicted octanol–water partition coefficient (Wildman–Crippen LogP) is 3.10. The van der Waals surface area contributed by atoms with Crippen LogP contribution in [0.2, 0.25) is 5.15 Å². The smallest absolute Gasteiger partial charge is 0.269 e. The van der Waals surface area contributed by atoms with Gasteiger partial charge in [-0.2, -0.15) is 5.10 Å². The summed E-state index contributed by atoms with van der Waals surface area (Å²) in [6.07, 6.45) is 4.26. The molecule has 0 atom stereocenters. The zero-order chi connectivity index (χ0) is 25.4. The maximum atomic E-state index is 13.2. The molecule has 2 amide bonds. The number of hydrogen-bond donors (Lipinski definition) is 2. The SMILES string of the molecule is Cc1nn(-c2ccc(F)cc2)c(Cl)c1/C=C/C(=O)NNC(=O)c1ccc2c(=O)n3c(nc2c1)CCC3. The zero-order valence-corrected chi connectivity index (χ0v) is 19.8. The third kappa shape index (κ3) is 4.38. The molecule has 11 heteroatoms. The van der Waals surface area contributed by atoms with Gasteiger partial charge in [0.05, 0.1) is 22.3 Å². The second kappa shape index (κ2) is 9.38. The van der Waals surface area contributed by atoms with Crippen LogP contribution in [0.3, 0.4) is 0 Å². The molecule has 0 radical (unpaired) electrons. The normalized spacial score (nSPS) is 12.8. The fraction of sp³-hybridized carbons (Fsp3) is 0.160. The molecule has 0 fully saturated rings. The van der Waals surface area contributed by atoms with Gasteiger partial charge in [-0.3, -0.25) is 29.8 Å². The number of nitrogens with one attached hydrogen (secondary N) is 2. The molecule has 0 bridgehead atoms. The van der Waals surface area contributed by atoms with E-state index in [0.29, 0.717) is 40.2 Å². The van der Waals surface area contributed by atoms with Crippen LogP contribution in [0.1, 0.15) is 33.9 Å². The van der Waals surface area contributed by atoms with Crippen LogP contribution in [0.25, 0.3) is 22.7 Å². The average Bonchev–Trinajstić information content (AvgIpc) is 3.45. The Kier molecular flexibility index (Phi) is 6.11. The number of hydrogen-bond acceptors (Lipinski definition) is 5. The molecular weight excluding hydrogens is 487 g/mol. The van der Waals surface area contributed by atoms with Crippen LogP contribution in [0, 0.1) is 12.7 Å². The van der Waals surface area contributed by atoms with E-state index in [1.807, 2.05) is 0 Å². The van der Waals surface area contributed by atoms with Gasteiger partial charge in [-0.05, 0) is 61.9 Å². The number of benzene rings is 2. The van der Waals surface area contributed by atoms with Crippen LogP contribution in [0.5, 0.6) is 0 Å². The van der Waals surface area contributed by atoms with Gasteiger partial charge < -0.3 is 0 Å². The van der Waals surface area contributed by atoms with Crippen molar-refractivity contribution in [3.8, 4) is 5.69 Å². The predicted molar refractivity (Wildman–Crippen MR) is 132 cm³/mol. The quantitative estimate of drug-likeness (QED) is 0.326. The first-order valence-electron chi connectivity index (χ1n) is 11.1. The van der Waals surface area contributed by atoms with Crippen molar-refractivity contribution >= 4 is 40.4 Å². The first kappa shape index (κ1) is 23.4. The maximum Gasteiger partial charge on any atom is 0.269 e. The number of carbonyl (C=O) groups excluding carboxylic acids is 2. The summed E-state index contributed by atoms with van der Waals surface area (Å²) >= 11 is 6.41. The number of carbonyl (C=O) groups is 2. The Morgan fingerprint density at radius 2 is 1.92 bits per heavy atom. The number of fused-ring (bicyclic) bond motifs is 2. The topological polar surface area (TPSA) is 111 Å². The highest BCUT2D eigenvalue weighted by molar-refractivity contribution is 6.31. The van der Waals surface area contributed by atoms with Crippen LogP contribution < -0.4 is 16.4 Å². The third-order valence-corrected chi connectivity index (χ3v) is 6.26. The largest absolute Gasteiger partial charge is 0.296 e. The highest BCUT2D eigenvalue weighted by Crippen LogP contribution is 2.25. The molecule has 0 spiro atoms. The molecule has 2 N–H and O–H groups in total. The van der Waals surface area contributed by atoms with Crippen molar-refractivity contribution < 1.29 is 14.0 Å². The molecule has 0 saturated heterocycles. The Morgan fingerprint density at radius 1 is 1.14 bits per heavy atom. The molecule has 1 aliphatic rings. The van der Waals surface area contributed by atoms with Crippen LogP contribution in [-0.2, 0) is 17.8 Å². The lowest BCUT2D eigenvalue weighted by Crippen LogP contribution is -2.40. The molecule has 2 aromatic heterocycles. The van der Waals surface area contributed by atoms with E-state index in [2.05, 4.69) is 20.9 Å². The molecule has 9 nitrogen and oxygen atoms in total. The van der Waals surface area contributed by atoms with Gasteiger partial charge in [-0.1, -0.05) is 11.6 Å². The van der Waals surface area contributed by atoms with Crippen molar-refractivity contribution in [1.29, 1.82) is 0 Å². The summed E-state index contributed by atoms with van der Waals surface area (Å²) in [5.74, 6) is -0.821. The minimum Gasteiger partial charge on any atom is -0.296 e. The van der Waals surface area contributed by atoms with Crippen molar-refractivity contribution in [3.63, 3.8) is 0 Å². The van der Waals surface area contributed by atoms with E-state index in [-0.39, 0.29) is 22.1 Å². The lowest BCUT2D eigenvalue weighted by atomic mass is 10.1. The van der Waals surface area contributed by atoms with Crippen molar-refractivity contribution in [2.75, 3.05) is 0 Å². The van der Waals surface area contributed by atoms with Crippen molar-refractivity contribution in [2.45, 2.75) is 26.3 Å². The number of halogens is 2. The fourth-order valence-electron chi connectivity index (χ4n) is 4.07. The van der Waals surface area contributed by atoms with E-state index in [1.165, 1.54) is 53.2 Å². The number of nitrogens with zero attached hydrogens (tertiary/aromatic N) is 4. The van der Waals surface area contributed by atoms with E-state index < -0.39 is 11.8 Å². The van der Waals surface area contributed by atoms with Gasteiger partial charge in [0, 0.05) is 30.2 Å². The zero-order valence-electron chi connectivity index (χ0n) is 19.1. The molecule has 0 aliphatic carbocycles. The second-order valence-corrected chi connectivity index (χ2v) is 8.63. The lowest BCUT2D eigenvalue weighted by molar-refractivity contribution is -0.117. The van der Waals surface area contributed by atoms with E-state index in [4.69, 9.17) is 11.6 Å². The van der Waals surface area contributed by atoms with Crippen LogP contribution in [0.15, 0.2) is 53.3 Å². The first-order valence-corrected chi connectivity index (χ1v) is 11.5. The summed E-state index contributed by atoms with van der Waals surface area (Å²) in [4.78, 5) is 41.9. The fourth-order valence-corrected chi connectivity index (χ4v) is 4.41. The molecule has 1 aliphatic heterocycles. The summed E-state index contributed by atoms with van der Waals surface area (Å²) in [6.45, 7) is 2.37. The molecule has 36 heavy (non-hydrogen) atoms. The van der Waals surface area contributed by atoms with Gasteiger partial charge in [0.1, 0.15) is 16.8 Å². The highest BCUT2D eigenvalue weighted by Gasteiger charge is 2.17. The minimum absolute atomic E-state index is 0.116. The van der Waals surface area contributed by atoms with Crippen molar-refractivity contribution in [3.05, 3.63) is 92.5 Å². The molecule has 2 aromatic carbocycles. The summed E-state index contributed by atoms with van der Waals surface area (Å²) in [6, 6.07) is 10.3. The van der Waals surface area contributed by atoms with Crippen molar-refractivity contribution in [1.82, 2.24) is 30.2 Å². The van der Waals surface area contributed by atoms with Crippen LogP contribution >= 0.6 is 11.6 Å². The molecule has 3 heterocycles. The average molecular weight is 507 g/mol. The summed E-state index contributed by atoms with van der Waals surface area (Å²) in [5.41, 5.74) is 6.86. The number of aromatic nitrogens is 4. The summed E-state index contributed by atoms with van der Waals surface area (Å²) in [5, 5.41) is 5.03. The minimum atomic E-state index is -0.594. The number of hydrazine groups is 1. The standard InChI is InChI=1S/C25H20ClFN6O3/c1-14-18(23(26)33(31-14)17-7-5-16(27)6-8-17)10-11-22(34)29-30-24(35)15-4-9-19-20(13-15)28-21-3-2-12-32(21)25(19)36/h4-11,13H,2-3,12H2,1H3,(H,29,34)(H,30,35)/b11-10+. The lowest BCUT2D eigenvalue weighted by Gasteiger charge is -2.08. The molecular formula is C25H20ClFN6O3. The van der Waals surface area contributed by atoms with Crippen LogP contribution in [-0.4, -0.2) is 31.1 Å². The van der Waals surface area contributed by atoms with E-state index in [0.717, 1.165) is 12.8 Å². The Hall–Kier alpha value is -4.31. The summed E-state index contributed by atoms with van der Waals surface area (Å²) in [7, 11) is 0. The van der Waals surface area contributed by atoms with Crippen LogP contribution in [0.4, 0.5) is 4.39 Å². The summed E-state index contributed by atoms with van der Waals surface area (Å²) < 4.78 is 16.3. The van der Waals surface area contributed by atoms with E-state index >= 15 is 0 Å². The molecule has 0 unspecified atom stereocenters. The number of aryl methyl sites for hydroxylation is 2. The molecule has 0 saturated carbocycles. The maximum absolute atomic E-state index is 13.2. The van der Waals surface area contributed by atoms with Gasteiger partial charge in [-0.15, -0.1) is 0 Å². The van der Waals surface area contributed by atoms with E-state index in [9.17, 15) is 18.8 Å². The van der Waals surface area contributed by atoms with Crippen molar-refractivity contribution in [2.24, 2.45) is 0 Å². The van der Waals surface area contributed by atoms with Gasteiger partial charge in [-0.25, -0.2) is 14.1 Å². The van der Waals surface area contributed by atoms with Gasteiger partial charge in [0.25, 0.3) is 17.4 Å². The Bertz CT molecular complexity index is 1610. The Balaban J connectivity index is 1.26. The van der Waals surface area contributed by atoms with E-state index in [1.54, 1.807) is 17.6 Å². The number of rotatable bonds is 4. The Labute approximate surface area is 209 Å². The third-order valence-electron chi connectivity index (χ3n) is 5.90. The molecule has 182 valence electrons.